The van der Waals surface area contributed by atoms with Crippen LogP contribution in [0, 0.1) is 0 Å². The predicted octanol–water partition coefficient (Wildman–Crippen LogP) is 5.03. The Morgan fingerprint density at radius 1 is 1.07 bits per heavy atom. The molecule has 2 heterocycles. The van der Waals surface area contributed by atoms with E-state index in [4.69, 9.17) is 0 Å². The van der Waals surface area contributed by atoms with E-state index >= 15 is 0 Å². The standard InChI is InChI=1S/C22H26N4O/c1-16(2)26-15-12-21(24-26)23-22(27)25-13-10-18(11-14-25)20-9-5-7-17-6-3-4-8-19(17)20/h3-9,12,15-16,18H,10-11,13-14H2,1-2H3,(H,23,24,27). The molecule has 0 bridgehead atoms. The molecule has 1 saturated heterocycles. The monoisotopic (exact) mass is 362 g/mol. The van der Waals surface area contributed by atoms with Crippen molar-refractivity contribution >= 4 is 22.6 Å². The van der Waals surface area contributed by atoms with Crippen LogP contribution in [0.15, 0.2) is 54.7 Å². The molecule has 3 aromatic rings. The predicted molar refractivity (Wildman–Crippen MR) is 109 cm³/mol. The van der Waals surface area contributed by atoms with Gasteiger partial charge in [-0.05, 0) is 48.9 Å². The third kappa shape index (κ3) is 3.68. The Kier molecular flexibility index (Phi) is 4.84. The molecular weight excluding hydrogens is 336 g/mol. The Labute approximate surface area is 160 Å². The highest BCUT2D eigenvalue weighted by Gasteiger charge is 2.25. The van der Waals surface area contributed by atoms with Gasteiger partial charge in [0.05, 0.1) is 0 Å². The van der Waals surface area contributed by atoms with Gasteiger partial charge in [-0.25, -0.2) is 4.79 Å². The summed E-state index contributed by atoms with van der Waals surface area (Å²) in [6.07, 6.45) is 3.87. The van der Waals surface area contributed by atoms with Crippen molar-refractivity contribution in [2.75, 3.05) is 18.4 Å². The van der Waals surface area contributed by atoms with Crippen LogP contribution in [0.5, 0.6) is 0 Å². The first-order valence-corrected chi connectivity index (χ1v) is 9.70. The Balaban J connectivity index is 1.40. The second kappa shape index (κ2) is 7.43. The van der Waals surface area contributed by atoms with Gasteiger partial charge < -0.3 is 4.90 Å². The average molecular weight is 362 g/mol. The molecule has 0 atom stereocenters. The number of likely N-dealkylation sites (tertiary alicyclic amines) is 1. The van der Waals surface area contributed by atoms with E-state index in [1.807, 2.05) is 21.8 Å². The van der Waals surface area contributed by atoms with Crippen LogP contribution in [0.25, 0.3) is 10.8 Å². The zero-order valence-electron chi connectivity index (χ0n) is 15.9. The van der Waals surface area contributed by atoms with Crippen LogP contribution in [-0.2, 0) is 0 Å². The first kappa shape index (κ1) is 17.6. The number of carbonyl (C=O) groups excluding carboxylic acids is 1. The number of urea groups is 1. The van der Waals surface area contributed by atoms with E-state index in [0.29, 0.717) is 11.7 Å². The summed E-state index contributed by atoms with van der Waals surface area (Å²) >= 11 is 0. The summed E-state index contributed by atoms with van der Waals surface area (Å²) in [5.74, 6) is 1.12. The van der Waals surface area contributed by atoms with Gasteiger partial charge in [-0.1, -0.05) is 42.5 Å². The molecule has 140 valence electrons. The van der Waals surface area contributed by atoms with Gasteiger partial charge in [0, 0.05) is 31.4 Å². The van der Waals surface area contributed by atoms with Gasteiger partial charge in [0.25, 0.3) is 0 Å². The van der Waals surface area contributed by atoms with Gasteiger partial charge in [0.2, 0.25) is 0 Å². The average Bonchev–Trinajstić information content (AvgIpc) is 3.16. The molecule has 0 aliphatic carbocycles. The van der Waals surface area contributed by atoms with Gasteiger partial charge >= 0.3 is 6.03 Å². The molecule has 27 heavy (non-hydrogen) atoms. The van der Waals surface area contributed by atoms with E-state index in [-0.39, 0.29) is 12.1 Å². The highest BCUT2D eigenvalue weighted by molar-refractivity contribution is 5.88. The second-order valence-electron chi connectivity index (χ2n) is 7.53. The summed E-state index contributed by atoms with van der Waals surface area (Å²) in [5, 5.41) is 9.95. The van der Waals surface area contributed by atoms with Gasteiger partial charge in [-0.3, -0.25) is 10.00 Å². The molecule has 5 heteroatoms. The van der Waals surface area contributed by atoms with Gasteiger partial charge in [-0.2, -0.15) is 5.10 Å². The van der Waals surface area contributed by atoms with Crippen molar-refractivity contribution in [1.29, 1.82) is 0 Å². The van der Waals surface area contributed by atoms with Crippen molar-refractivity contribution < 1.29 is 4.79 Å². The topological polar surface area (TPSA) is 50.2 Å². The molecule has 0 spiro atoms. The first-order chi connectivity index (χ1) is 13.1. The third-order valence-electron chi connectivity index (χ3n) is 5.42. The van der Waals surface area contributed by atoms with E-state index < -0.39 is 0 Å². The van der Waals surface area contributed by atoms with Crippen LogP contribution in [0.3, 0.4) is 0 Å². The van der Waals surface area contributed by atoms with Crippen LogP contribution in [0.1, 0.15) is 44.2 Å². The number of nitrogens with one attached hydrogen (secondary N) is 1. The van der Waals surface area contributed by atoms with Crippen LogP contribution in [0.2, 0.25) is 0 Å². The number of fused-ring (bicyclic) bond motifs is 1. The summed E-state index contributed by atoms with van der Waals surface area (Å²) < 4.78 is 1.85. The van der Waals surface area contributed by atoms with Crippen molar-refractivity contribution in [3.8, 4) is 0 Å². The number of aromatic nitrogens is 2. The molecule has 1 fully saturated rings. The SMILES string of the molecule is CC(C)n1ccc(NC(=O)N2CCC(c3cccc4ccccc34)CC2)n1. The molecule has 1 aliphatic heterocycles. The van der Waals surface area contributed by atoms with Crippen molar-refractivity contribution in [3.63, 3.8) is 0 Å². The van der Waals surface area contributed by atoms with E-state index in [1.54, 1.807) is 0 Å². The summed E-state index contributed by atoms with van der Waals surface area (Å²) in [7, 11) is 0. The van der Waals surface area contributed by atoms with Gasteiger partial charge in [0.15, 0.2) is 5.82 Å². The maximum atomic E-state index is 12.6. The van der Waals surface area contributed by atoms with E-state index in [9.17, 15) is 4.79 Å². The molecule has 0 radical (unpaired) electrons. The van der Waals surface area contributed by atoms with Crippen LogP contribution in [0.4, 0.5) is 10.6 Å². The lowest BCUT2D eigenvalue weighted by Crippen LogP contribution is -2.40. The number of anilines is 1. The van der Waals surface area contributed by atoms with Gasteiger partial charge in [0.1, 0.15) is 0 Å². The lowest BCUT2D eigenvalue weighted by molar-refractivity contribution is 0.194. The third-order valence-corrected chi connectivity index (χ3v) is 5.42. The zero-order valence-corrected chi connectivity index (χ0v) is 15.9. The molecule has 4 rings (SSSR count). The van der Waals surface area contributed by atoms with Crippen molar-refractivity contribution in [1.82, 2.24) is 14.7 Å². The number of rotatable bonds is 3. The number of benzene rings is 2. The number of nitrogens with zero attached hydrogens (tertiary/aromatic N) is 3. The number of piperidine rings is 1. The quantitative estimate of drug-likeness (QED) is 0.710. The molecule has 5 nitrogen and oxygen atoms in total. The fraction of sp³-hybridized carbons (Fsp3) is 0.364. The molecule has 1 aliphatic rings. The van der Waals surface area contributed by atoms with Crippen LogP contribution < -0.4 is 5.32 Å². The van der Waals surface area contributed by atoms with Crippen molar-refractivity contribution in [3.05, 3.63) is 60.3 Å². The molecule has 2 aromatic carbocycles. The maximum absolute atomic E-state index is 12.6. The lowest BCUT2D eigenvalue weighted by Gasteiger charge is -2.32. The smallest absolute Gasteiger partial charge is 0.323 e. The molecule has 2 amide bonds. The lowest BCUT2D eigenvalue weighted by atomic mass is 9.86. The van der Waals surface area contributed by atoms with Crippen molar-refractivity contribution in [2.45, 2.75) is 38.6 Å². The van der Waals surface area contributed by atoms with Gasteiger partial charge in [-0.15, -0.1) is 0 Å². The molecule has 1 N–H and O–H groups in total. The van der Waals surface area contributed by atoms with Crippen molar-refractivity contribution in [2.24, 2.45) is 0 Å². The number of carbonyl (C=O) groups is 1. The second-order valence-corrected chi connectivity index (χ2v) is 7.53. The molecule has 1 aromatic heterocycles. The van der Waals surface area contributed by atoms with E-state index in [0.717, 1.165) is 25.9 Å². The number of hydrogen-bond acceptors (Lipinski definition) is 2. The maximum Gasteiger partial charge on any atom is 0.323 e. The van der Waals surface area contributed by atoms with Crippen LogP contribution in [-0.4, -0.2) is 33.8 Å². The Morgan fingerprint density at radius 3 is 2.56 bits per heavy atom. The molecule has 0 unspecified atom stereocenters. The highest BCUT2D eigenvalue weighted by Crippen LogP contribution is 2.33. The van der Waals surface area contributed by atoms with Crippen LogP contribution >= 0.6 is 0 Å². The summed E-state index contributed by atoms with van der Waals surface area (Å²) in [5.41, 5.74) is 1.41. The largest absolute Gasteiger partial charge is 0.324 e. The Hall–Kier alpha value is -2.82. The van der Waals surface area contributed by atoms with E-state index in [1.165, 1.54) is 16.3 Å². The van der Waals surface area contributed by atoms with E-state index in [2.05, 4.69) is 66.7 Å². The Bertz CT molecular complexity index is 933. The molecule has 0 saturated carbocycles. The molecular formula is C22H26N4O. The normalized spacial score (nSPS) is 15.4. The highest BCUT2D eigenvalue weighted by atomic mass is 16.2. The zero-order chi connectivity index (χ0) is 18.8. The number of hydrogen-bond donors (Lipinski definition) is 1. The number of amides is 2. The fourth-order valence-electron chi connectivity index (χ4n) is 3.88. The fourth-order valence-corrected chi connectivity index (χ4v) is 3.88. The first-order valence-electron chi connectivity index (χ1n) is 9.70. The summed E-state index contributed by atoms with van der Waals surface area (Å²) in [6, 6.07) is 17.2. The summed E-state index contributed by atoms with van der Waals surface area (Å²) in [4.78, 5) is 14.5. The minimum Gasteiger partial charge on any atom is -0.324 e. The minimum atomic E-state index is -0.0552. The Morgan fingerprint density at radius 2 is 1.81 bits per heavy atom. The summed E-state index contributed by atoms with van der Waals surface area (Å²) in [6.45, 7) is 5.67. The minimum absolute atomic E-state index is 0.0552.